The summed E-state index contributed by atoms with van der Waals surface area (Å²) in [6.07, 6.45) is 3.43. The maximum Gasteiger partial charge on any atom is 0.233 e. The third-order valence-electron chi connectivity index (χ3n) is 7.33. The summed E-state index contributed by atoms with van der Waals surface area (Å²) in [6, 6.07) is 16.5. The van der Waals surface area contributed by atoms with Crippen LogP contribution in [0.25, 0.3) is 0 Å². The van der Waals surface area contributed by atoms with Gasteiger partial charge in [-0.15, -0.1) is 0 Å². The molecule has 2 aromatic carbocycles. The Morgan fingerprint density at radius 1 is 0.969 bits per heavy atom. The molecule has 1 spiro atoms. The van der Waals surface area contributed by atoms with Crippen LogP contribution < -0.4 is 4.74 Å². The number of carbonyl (C=O) groups is 1. The Morgan fingerprint density at radius 2 is 1.66 bits per heavy atom. The summed E-state index contributed by atoms with van der Waals surface area (Å²) >= 11 is 0. The van der Waals surface area contributed by atoms with Crippen molar-refractivity contribution in [2.45, 2.75) is 49.2 Å². The normalized spacial score (nSPS) is 24.4. The highest BCUT2D eigenvalue weighted by atomic mass is 19.1. The van der Waals surface area contributed by atoms with Gasteiger partial charge >= 0.3 is 0 Å². The standard InChI is InChI=1S/C26H30FNO4/c27-23-9-5-4-8-22(23)26(12-16-30-17-13-26)24(29)28-14-10-25(11-15-28)18-21(19-31-25)32-20-6-2-1-3-7-20/h1-9,21H,10-19H2/t21-/m0/s1. The zero-order valence-electron chi connectivity index (χ0n) is 18.3. The van der Waals surface area contributed by atoms with E-state index in [1.54, 1.807) is 12.1 Å². The molecular weight excluding hydrogens is 409 g/mol. The van der Waals surface area contributed by atoms with E-state index in [0.717, 1.165) is 25.0 Å². The topological polar surface area (TPSA) is 48.0 Å². The van der Waals surface area contributed by atoms with Crippen molar-refractivity contribution in [1.29, 1.82) is 0 Å². The van der Waals surface area contributed by atoms with Crippen LogP contribution in [0.5, 0.6) is 5.75 Å². The fourth-order valence-electron chi connectivity index (χ4n) is 5.51. The number of amides is 1. The van der Waals surface area contributed by atoms with Gasteiger partial charge in [0.1, 0.15) is 17.7 Å². The van der Waals surface area contributed by atoms with E-state index < -0.39 is 5.41 Å². The fourth-order valence-corrected chi connectivity index (χ4v) is 5.51. The molecule has 0 bridgehead atoms. The largest absolute Gasteiger partial charge is 0.488 e. The molecule has 170 valence electrons. The lowest BCUT2D eigenvalue weighted by atomic mass is 9.72. The van der Waals surface area contributed by atoms with Crippen molar-refractivity contribution in [1.82, 2.24) is 4.90 Å². The van der Waals surface area contributed by atoms with Crippen LogP contribution in [0.4, 0.5) is 4.39 Å². The molecule has 3 saturated heterocycles. The number of para-hydroxylation sites is 1. The lowest BCUT2D eigenvalue weighted by molar-refractivity contribution is -0.146. The van der Waals surface area contributed by atoms with Gasteiger partial charge in [0.05, 0.1) is 17.6 Å². The first kappa shape index (κ1) is 21.4. The van der Waals surface area contributed by atoms with Crippen LogP contribution >= 0.6 is 0 Å². The van der Waals surface area contributed by atoms with Gasteiger partial charge in [-0.3, -0.25) is 4.79 Å². The van der Waals surface area contributed by atoms with Gasteiger partial charge in [0.2, 0.25) is 5.91 Å². The molecule has 2 aromatic rings. The van der Waals surface area contributed by atoms with Gasteiger partial charge < -0.3 is 19.1 Å². The Kier molecular flexibility index (Phi) is 5.91. The fraction of sp³-hybridized carbons (Fsp3) is 0.500. The summed E-state index contributed by atoms with van der Waals surface area (Å²) in [4.78, 5) is 15.7. The SMILES string of the molecule is O=C(N1CCC2(CC1)C[C@H](Oc1ccccc1)CO2)C1(c2ccccc2F)CCOCC1. The van der Waals surface area contributed by atoms with E-state index in [0.29, 0.717) is 51.3 Å². The van der Waals surface area contributed by atoms with Gasteiger partial charge in [0, 0.05) is 38.3 Å². The summed E-state index contributed by atoms with van der Waals surface area (Å²) in [5.41, 5.74) is -0.581. The zero-order chi connectivity index (χ0) is 22.0. The molecular formula is C26H30FNO4. The van der Waals surface area contributed by atoms with Crippen molar-refractivity contribution < 1.29 is 23.4 Å². The summed E-state index contributed by atoms with van der Waals surface area (Å²) in [5.74, 6) is 0.573. The highest BCUT2D eigenvalue weighted by Gasteiger charge is 2.49. The number of piperidine rings is 1. The van der Waals surface area contributed by atoms with E-state index in [2.05, 4.69) is 0 Å². The first-order valence-electron chi connectivity index (χ1n) is 11.6. The first-order valence-corrected chi connectivity index (χ1v) is 11.6. The van der Waals surface area contributed by atoms with Gasteiger partial charge in [-0.25, -0.2) is 4.39 Å². The number of nitrogens with zero attached hydrogens (tertiary/aromatic N) is 1. The number of halogens is 1. The molecule has 0 radical (unpaired) electrons. The van der Waals surface area contributed by atoms with Crippen molar-refractivity contribution in [3.63, 3.8) is 0 Å². The predicted molar refractivity (Wildman–Crippen MR) is 118 cm³/mol. The maximum atomic E-state index is 14.8. The van der Waals surface area contributed by atoms with Gasteiger partial charge in [-0.1, -0.05) is 36.4 Å². The number of ether oxygens (including phenoxy) is 3. The van der Waals surface area contributed by atoms with Gasteiger partial charge in [-0.2, -0.15) is 0 Å². The summed E-state index contributed by atoms with van der Waals surface area (Å²) < 4.78 is 32.6. The van der Waals surface area contributed by atoms with Crippen LogP contribution in [0.1, 0.15) is 37.7 Å². The second kappa shape index (κ2) is 8.83. The lowest BCUT2D eigenvalue weighted by Gasteiger charge is -2.44. The van der Waals surface area contributed by atoms with E-state index in [-0.39, 0.29) is 23.4 Å². The average molecular weight is 440 g/mol. The summed E-state index contributed by atoms with van der Waals surface area (Å²) in [6.45, 7) is 2.75. The van der Waals surface area contributed by atoms with Gasteiger partial charge in [0.15, 0.2) is 0 Å². The Hall–Kier alpha value is -2.44. The molecule has 32 heavy (non-hydrogen) atoms. The molecule has 3 aliphatic rings. The van der Waals surface area contributed by atoms with Crippen molar-refractivity contribution >= 4 is 5.91 Å². The van der Waals surface area contributed by atoms with Crippen LogP contribution in [0.2, 0.25) is 0 Å². The molecule has 5 nitrogen and oxygen atoms in total. The van der Waals surface area contributed by atoms with Gasteiger partial charge in [0.25, 0.3) is 0 Å². The van der Waals surface area contributed by atoms with E-state index in [1.165, 1.54) is 6.07 Å². The third kappa shape index (κ3) is 4.02. The summed E-state index contributed by atoms with van der Waals surface area (Å²) in [5, 5.41) is 0. The predicted octanol–water partition coefficient (Wildman–Crippen LogP) is 4.10. The second-order valence-electron chi connectivity index (χ2n) is 9.22. The molecule has 3 heterocycles. The maximum absolute atomic E-state index is 14.8. The minimum absolute atomic E-state index is 0.0239. The first-order chi connectivity index (χ1) is 15.6. The van der Waals surface area contributed by atoms with E-state index in [9.17, 15) is 9.18 Å². The lowest BCUT2D eigenvalue weighted by Crippen LogP contribution is -2.54. The van der Waals surface area contributed by atoms with Crippen LogP contribution in [0.15, 0.2) is 54.6 Å². The number of rotatable bonds is 4. The Morgan fingerprint density at radius 3 is 2.38 bits per heavy atom. The zero-order valence-corrected chi connectivity index (χ0v) is 18.3. The van der Waals surface area contributed by atoms with Crippen LogP contribution in [0.3, 0.4) is 0 Å². The Balaban J connectivity index is 1.26. The van der Waals surface area contributed by atoms with Crippen LogP contribution in [-0.2, 0) is 19.7 Å². The molecule has 1 atom stereocenters. The van der Waals surface area contributed by atoms with Crippen LogP contribution in [0, 0.1) is 5.82 Å². The smallest absolute Gasteiger partial charge is 0.233 e. The number of carbonyl (C=O) groups excluding carboxylic acids is 1. The number of likely N-dealkylation sites (tertiary alicyclic amines) is 1. The number of hydrogen-bond donors (Lipinski definition) is 0. The van der Waals surface area contributed by atoms with E-state index >= 15 is 0 Å². The van der Waals surface area contributed by atoms with Crippen molar-refractivity contribution in [3.05, 3.63) is 66.0 Å². The quantitative estimate of drug-likeness (QED) is 0.720. The molecule has 6 heteroatoms. The van der Waals surface area contributed by atoms with Crippen molar-refractivity contribution in [2.75, 3.05) is 32.9 Å². The minimum Gasteiger partial charge on any atom is -0.488 e. The highest BCUT2D eigenvalue weighted by molar-refractivity contribution is 5.88. The van der Waals surface area contributed by atoms with E-state index in [4.69, 9.17) is 14.2 Å². The average Bonchev–Trinajstić information content (AvgIpc) is 3.22. The summed E-state index contributed by atoms with van der Waals surface area (Å²) in [7, 11) is 0. The molecule has 5 rings (SSSR count). The number of benzene rings is 2. The number of hydrogen-bond acceptors (Lipinski definition) is 4. The molecule has 0 saturated carbocycles. The Labute approximate surface area is 188 Å². The van der Waals surface area contributed by atoms with E-state index in [1.807, 2.05) is 41.3 Å². The molecule has 0 aromatic heterocycles. The van der Waals surface area contributed by atoms with Gasteiger partial charge in [-0.05, 0) is 43.9 Å². The molecule has 1 amide bonds. The molecule has 0 N–H and O–H groups in total. The molecule has 3 fully saturated rings. The van der Waals surface area contributed by atoms with Crippen LogP contribution in [-0.4, -0.2) is 55.4 Å². The van der Waals surface area contributed by atoms with Crippen molar-refractivity contribution in [3.8, 4) is 5.75 Å². The molecule has 3 aliphatic heterocycles. The third-order valence-corrected chi connectivity index (χ3v) is 7.33. The second-order valence-corrected chi connectivity index (χ2v) is 9.22. The Bertz CT molecular complexity index is 936. The van der Waals surface area contributed by atoms with Crippen molar-refractivity contribution in [2.24, 2.45) is 0 Å². The highest BCUT2D eigenvalue weighted by Crippen LogP contribution is 2.42. The monoisotopic (exact) mass is 439 g/mol. The minimum atomic E-state index is -0.844. The molecule has 0 unspecified atom stereocenters. The molecule has 0 aliphatic carbocycles.